The minimum atomic E-state index is -5.16. The molecule has 0 fully saturated rings. The molecule has 1 aromatic heterocycles. The van der Waals surface area contributed by atoms with Crippen LogP contribution < -0.4 is 27.7 Å². The standard InChI is InChI=1S/C16H21F3N6O4/c1-9(26)23-11-5-3-7-25(14(11)29)8-12(27)24-10(13(28)16(17,18)19)4-2-6-22-15(20)21/h3,5,7,10H,2,4,6,8H2,1H3,(H,23,26)(H,24,27)(H4,20,21,22). The summed E-state index contributed by atoms with van der Waals surface area (Å²) >= 11 is 0. The number of hydrogen-bond donors (Lipinski definition) is 4. The molecule has 0 bridgehead atoms. The van der Waals surface area contributed by atoms with Crippen LogP contribution in [0.5, 0.6) is 0 Å². The molecular weight excluding hydrogens is 397 g/mol. The average molecular weight is 418 g/mol. The van der Waals surface area contributed by atoms with Gasteiger partial charge in [0.2, 0.25) is 11.8 Å². The number of ketones is 1. The van der Waals surface area contributed by atoms with Crippen LogP contribution in [-0.2, 0) is 20.9 Å². The maximum Gasteiger partial charge on any atom is 0.452 e. The van der Waals surface area contributed by atoms with Gasteiger partial charge in [-0.15, -0.1) is 0 Å². The number of hydrogen-bond acceptors (Lipinski definition) is 5. The number of Topliss-reactive ketones (excluding diaryl/α,β-unsaturated/α-hetero) is 1. The molecule has 1 rings (SSSR count). The fourth-order valence-electron chi connectivity index (χ4n) is 2.31. The van der Waals surface area contributed by atoms with E-state index in [1.54, 1.807) is 0 Å². The molecule has 0 spiro atoms. The van der Waals surface area contributed by atoms with Gasteiger partial charge < -0.3 is 26.7 Å². The first-order chi connectivity index (χ1) is 13.4. The maximum absolute atomic E-state index is 12.8. The minimum absolute atomic E-state index is 0.00261. The summed E-state index contributed by atoms with van der Waals surface area (Å²) in [6.45, 7) is 0.499. The van der Waals surface area contributed by atoms with Crippen LogP contribution in [-0.4, -0.2) is 46.9 Å². The van der Waals surface area contributed by atoms with E-state index in [0.29, 0.717) is 0 Å². The summed E-state index contributed by atoms with van der Waals surface area (Å²) < 4.78 is 39.3. The van der Waals surface area contributed by atoms with Gasteiger partial charge in [0.15, 0.2) is 5.96 Å². The number of rotatable bonds is 9. The van der Waals surface area contributed by atoms with Crippen LogP contribution in [0.15, 0.2) is 28.1 Å². The molecule has 0 saturated carbocycles. The molecule has 2 amide bonds. The predicted molar refractivity (Wildman–Crippen MR) is 97.9 cm³/mol. The molecule has 13 heteroatoms. The Morgan fingerprint density at radius 2 is 1.93 bits per heavy atom. The fraction of sp³-hybridized carbons (Fsp3) is 0.438. The summed E-state index contributed by atoms with van der Waals surface area (Å²) in [5.41, 5.74) is 9.39. The quantitative estimate of drug-likeness (QED) is 0.240. The molecule has 0 aliphatic heterocycles. The van der Waals surface area contributed by atoms with Crippen LogP contribution in [0.4, 0.5) is 18.9 Å². The molecule has 0 radical (unpaired) electrons. The highest BCUT2D eigenvalue weighted by Crippen LogP contribution is 2.20. The number of aromatic nitrogens is 1. The van der Waals surface area contributed by atoms with Crippen molar-refractivity contribution in [3.8, 4) is 0 Å². The summed E-state index contributed by atoms with van der Waals surface area (Å²) in [5.74, 6) is -3.89. The first-order valence-corrected chi connectivity index (χ1v) is 8.34. The molecule has 10 nitrogen and oxygen atoms in total. The number of aliphatic imine (C=N–C) groups is 1. The van der Waals surface area contributed by atoms with Crippen molar-refractivity contribution in [2.45, 2.75) is 38.5 Å². The van der Waals surface area contributed by atoms with Crippen molar-refractivity contribution in [1.82, 2.24) is 9.88 Å². The van der Waals surface area contributed by atoms with Crippen molar-refractivity contribution in [3.05, 3.63) is 28.7 Å². The van der Waals surface area contributed by atoms with Crippen LogP contribution in [0, 0.1) is 0 Å². The fourth-order valence-corrected chi connectivity index (χ4v) is 2.31. The Bertz CT molecular complexity index is 846. The molecule has 0 saturated heterocycles. The van der Waals surface area contributed by atoms with Crippen molar-refractivity contribution >= 4 is 29.2 Å². The smallest absolute Gasteiger partial charge is 0.370 e. The SMILES string of the molecule is CC(=O)Nc1cccn(CC(=O)NC(CCCN=C(N)N)C(=O)C(F)(F)F)c1=O. The molecular formula is C16H21F3N6O4. The lowest BCUT2D eigenvalue weighted by Gasteiger charge is -2.19. The number of nitrogens with one attached hydrogen (secondary N) is 2. The molecule has 6 N–H and O–H groups in total. The van der Waals surface area contributed by atoms with E-state index in [1.165, 1.54) is 25.3 Å². The molecule has 0 aromatic carbocycles. The molecule has 29 heavy (non-hydrogen) atoms. The topological polar surface area (TPSA) is 162 Å². The van der Waals surface area contributed by atoms with Gasteiger partial charge in [0.25, 0.3) is 11.3 Å². The van der Waals surface area contributed by atoms with Crippen molar-refractivity contribution in [2.24, 2.45) is 16.5 Å². The maximum atomic E-state index is 12.8. The largest absolute Gasteiger partial charge is 0.452 e. The number of carbonyl (C=O) groups excluding carboxylic acids is 3. The monoisotopic (exact) mass is 418 g/mol. The number of anilines is 1. The number of amides is 2. The molecule has 1 unspecified atom stereocenters. The van der Waals surface area contributed by atoms with Crippen molar-refractivity contribution in [1.29, 1.82) is 0 Å². The van der Waals surface area contributed by atoms with E-state index in [2.05, 4.69) is 10.3 Å². The molecule has 1 aromatic rings. The second kappa shape index (κ2) is 10.2. The molecule has 1 atom stereocenters. The Balaban J connectivity index is 2.89. The Kier molecular flexibility index (Phi) is 8.36. The lowest BCUT2D eigenvalue weighted by atomic mass is 10.1. The van der Waals surface area contributed by atoms with Gasteiger partial charge in [-0.1, -0.05) is 0 Å². The molecule has 1 heterocycles. The van der Waals surface area contributed by atoms with Crippen LogP contribution in [0.2, 0.25) is 0 Å². The van der Waals surface area contributed by atoms with E-state index in [9.17, 15) is 32.3 Å². The van der Waals surface area contributed by atoms with Gasteiger partial charge in [0.1, 0.15) is 12.2 Å². The van der Waals surface area contributed by atoms with E-state index in [4.69, 9.17) is 11.5 Å². The van der Waals surface area contributed by atoms with Crippen molar-refractivity contribution < 1.29 is 27.6 Å². The van der Waals surface area contributed by atoms with Gasteiger partial charge in [0, 0.05) is 19.7 Å². The number of nitrogens with two attached hydrogens (primary N) is 2. The zero-order valence-electron chi connectivity index (χ0n) is 15.5. The first kappa shape index (κ1) is 23.7. The van der Waals surface area contributed by atoms with Gasteiger partial charge in [-0.05, 0) is 25.0 Å². The number of guanidine groups is 1. The van der Waals surface area contributed by atoms with Gasteiger partial charge in [0.05, 0.1) is 6.04 Å². The Morgan fingerprint density at radius 1 is 1.28 bits per heavy atom. The minimum Gasteiger partial charge on any atom is -0.370 e. The Morgan fingerprint density at radius 3 is 2.48 bits per heavy atom. The van der Waals surface area contributed by atoms with Crippen molar-refractivity contribution in [2.75, 3.05) is 11.9 Å². The van der Waals surface area contributed by atoms with Crippen LogP contribution in [0.1, 0.15) is 19.8 Å². The van der Waals surface area contributed by atoms with Gasteiger partial charge in [-0.3, -0.25) is 24.2 Å². The first-order valence-electron chi connectivity index (χ1n) is 8.34. The van der Waals surface area contributed by atoms with Gasteiger partial charge in [-0.25, -0.2) is 0 Å². The average Bonchev–Trinajstić information content (AvgIpc) is 2.59. The van der Waals surface area contributed by atoms with Gasteiger partial charge >= 0.3 is 6.18 Å². The van der Waals surface area contributed by atoms with E-state index in [0.717, 1.165) is 4.57 Å². The molecule has 160 valence electrons. The summed E-state index contributed by atoms with van der Waals surface area (Å²) in [5, 5.41) is 4.25. The lowest BCUT2D eigenvalue weighted by molar-refractivity contribution is -0.174. The van der Waals surface area contributed by atoms with E-state index in [1.807, 2.05) is 5.32 Å². The van der Waals surface area contributed by atoms with Crippen LogP contribution in [0.3, 0.4) is 0 Å². The second-order valence-corrected chi connectivity index (χ2v) is 5.97. The zero-order valence-corrected chi connectivity index (χ0v) is 15.5. The van der Waals surface area contributed by atoms with E-state index < -0.39 is 41.9 Å². The Labute approximate surface area is 163 Å². The highest BCUT2D eigenvalue weighted by molar-refractivity contribution is 5.92. The third kappa shape index (κ3) is 8.02. The highest BCUT2D eigenvalue weighted by atomic mass is 19.4. The highest BCUT2D eigenvalue weighted by Gasteiger charge is 2.43. The number of pyridine rings is 1. The lowest BCUT2D eigenvalue weighted by Crippen LogP contribution is -2.48. The second-order valence-electron chi connectivity index (χ2n) is 5.97. The van der Waals surface area contributed by atoms with Crippen LogP contribution in [0.25, 0.3) is 0 Å². The van der Waals surface area contributed by atoms with E-state index >= 15 is 0 Å². The van der Waals surface area contributed by atoms with E-state index in [-0.39, 0.29) is 31.0 Å². The number of alkyl halides is 3. The van der Waals surface area contributed by atoms with Gasteiger partial charge in [-0.2, -0.15) is 13.2 Å². The number of halogens is 3. The summed E-state index contributed by atoms with van der Waals surface area (Å²) in [7, 11) is 0. The Hall–Kier alpha value is -3.38. The molecule has 0 aliphatic rings. The molecule has 0 aliphatic carbocycles. The predicted octanol–water partition coefficient (Wildman–Crippen LogP) is -0.523. The van der Waals surface area contributed by atoms with Crippen LogP contribution >= 0.6 is 0 Å². The number of nitrogens with zero attached hydrogens (tertiary/aromatic N) is 2. The number of carbonyl (C=O) groups is 3. The summed E-state index contributed by atoms with van der Waals surface area (Å²) in [4.78, 5) is 50.6. The third-order valence-electron chi connectivity index (χ3n) is 3.52. The summed E-state index contributed by atoms with van der Waals surface area (Å²) in [6, 6.07) is 0.816. The summed E-state index contributed by atoms with van der Waals surface area (Å²) in [6.07, 6.45) is -4.30. The van der Waals surface area contributed by atoms with Crippen molar-refractivity contribution in [3.63, 3.8) is 0 Å². The zero-order chi connectivity index (χ0) is 22.2. The third-order valence-corrected chi connectivity index (χ3v) is 3.52. The normalized spacial score (nSPS) is 12.0.